The molecule has 1 aliphatic rings. The highest BCUT2D eigenvalue weighted by molar-refractivity contribution is 9.10. The Labute approximate surface area is 173 Å². The first-order chi connectivity index (χ1) is 13.3. The minimum atomic E-state index is -3.59. The number of anilines is 2. The van der Waals surface area contributed by atoms with Crippen LogP contribution in [0.25, 0.3) is 0 Å². The van der Waals surface area contributed by atoms with E-state index in [9.17, 15) is 13.2 Å². The fourth-order valence-electron chi connectivity index (χ4n) is 2.58. The molecule has 0 saturated heterocycles. The Morgan fingerprint density at radius 1 is 1.21 bits per heavy atom. The first kappa shape index (κ1) is 20.6. The van der Waals surface area contributed by atoms with Crippen molar-refractivity contribution < 1.29 is 17.9 Å². The smallest absolute Gasteiger partial charge is 0.243 e. The van der Waals surface area contributed by atoms with Crippen LogP contribution in [0.1, 0.15) is 18.4 Å². The lowest BCUT2D eigenvalue weighted by Crippen LogP contribution is -2.26. The molecule has 1 saturated carbocycles. The van der Waals surface area contributed by atoms with Crippen LogP contribution < -0.4 is 20.1 Å². The minimum absolute atomic E-state index is 0.0173. The number of aryl methyl sites for hydroxylation is 1. The van der Waals surface area contributed by atoms with Gasteiger partial charge in [0.15, 0.2) is 0 Å². The fraction of sp³-hybridized carbons (Fsp3) is 0.316. The minimum Gasteiger partial charge on any atom is -0.495 e. The lowest BCUT2D eigenvalue weighted by Gasteiger charge is -2.14. The van der Waals surface area contributed by atoms with Crippen molar-refractivity contribution in [3.8, 4) is 5.75 Å². The number of amides is 1. The monoisotopic (exact) mass is 467 g/mol. The number of nitrogens with one attached hydrogen (secondary N) is 3. The van der Waals surface area contributed by atoms with E-state index in [0.29, 0.717) is 17.1 Å². The predicted molar refractivity (Wildman–Crippen MR) is 112 cm³/mol. The van der Waals surface area contributed by atoms with Crippen molar-refractivity contribution in [1.82, 2.24) is 4.72 Å². The van der Waals surface area contributed by atoms with Crippen molar-refractivity contribution in [1.29, 1.82) is 0 Å². The van der Waals surface area contributed by atoms with Gasteiger partial charge in [-0.1, -0.05) is 15.9 Å². The second-order valence-corrected chi connectivity index (χ2v) is 9.19. The predicted octanol–water partition coefficient (Wildman–Crippen LogP) is 3.26. The van der Waals surface area contributed by atoms with E-state index in [-0.39, 0.29) is 23.4 Å². The topological polar surface area (TPSA) is 96.5 Å². The Morgan fingerprint density at radius 2 is 1.96 bits per heavy atom. The molecule has 0 spiro atoms. The van der Waals surface area contributed by atoms with Gasteiger partial charge in [0, 0.05) is 16.2 Å². The van der Waals surface area contributed by atoms with Gasteiger partial charge in [-0.15, -0.1) is 0 Å². The van der Waals surface area contributed by atoms with Crippen molar-refractivity contribution >= 4 is 43.2 Å². The molecular weight excluding hydrogens is 446 g/mol. The largest absolute Gasteiger partial charge is 0.495 e. The zero-order valence-electron chi connectivity index (χ0n) is 15.6. The van der Waals surface area contributed by atoms with E-state index in [2.05, 4.69) is 31.3 Å². The van der Waals surface area contributed by atoms with Crippen LogP contribution in [0.4, 0.5) is 11.4 Å². The van der Waals surface area contributed by atoms with Crippen LogP contribution in [-0.2, 0) is 14.8 Å². The molecular formula is C19H22BrN3O4S. The highest BCUT2D eigenvalue weighted by atomic mass is 79.9. The summed E-state index contributed by atoms with van der Waals surface area (Å²) in [5.41, 5.74) is 2.13. The van der Waals surface area contributed by atoms with E-state index in [1.807, 2.05) is 19.1 Å². The van der Waals surface area contributed by atoms with Crippen LogP contribution >= 0.6 is 15.9 Å². The van der Waals surface area contributed by atoms with E-state index in [1.165, 1.54) is 19.2 Å². The van der Waals surface area contributed by atoms with Crippen LogP contribution in [0.15, 0.2) is 45.8 Å². The van der Waals surface area contributed by atoms with Gasteiger partial charge in [0.05, 0.1) is 24.2 Å². The third-order valence-corrected chi connectivity index (χ3v) is 6.67. The molecule has 0 bridgehead atoms. The van der Waals surface area contributed by atoms with E-state index in [1.54, 1.807) is 12.1 Å². The molecule has 1 amide bonds. The zero-order valence-corrected chi connectivity index (χ0v) is 18.0. The van der Waals surface area contributed by atoms with E-state index in [0.717, 1.165) is 22.9 Å². The fourth-order valence-corrected chi connectivity index (χ4v) is 4.16. The summed E-state index contributed by atoms with van der Waals surface area (Å²) < 4.78 is 33.7. The maximum atomic E-state index is 12.4. The SMILES string of the molecule is COc1ccc(S(=O)(=O)NC2CC2)cc1NCC(=O)Nc1ccc(Br)c(C)c1. The summed E-state index contributed by atoms with van der Waals surface area (Å²) in [6, 6.07) is 10.1. The highest BCUT2D eigenvalue weighted by Gasteiger charge is 2.28. The standard InChI is InChI=1S/C19H22BrN3O4S/c1-12-9-14(5-7-16(12)20)22-19(24)11-21-17-10-15(6-8-18(17)27-2)28(25,26)23-13-3-4-13/h5-10,13,21,23H,3-4,11H2,1-2H3,(H,22,24). The van der Waals surface area contributed by atoms with Gasteiger partial charge in [-0.25, -0.2) is 13.1 Å². The van der Waals surface area contributed by atoms with E-state index >= 15 is 0 Å². The van der Waals surface area contributed by atoms with Crippen molar-refractivity contribution in [2.45, 2.75) is 30.7 Å². The molecule has 9 heteroatoms. The number of rotatable bonds is 8. The van der Waals surface area contributed by atoms with Crippen LogP contribution in [0.5, 0.6) is 5.75 Å². The summed E-state index contributed by atoms with van der Waals surface area (Å²) in [4.78, 5) is 12.4. The maximum absolute atomic E-state index is 12.4. The van der Waals surface area contributed by atoms with Crippen molar-refractivity contribution in [3.05, 3.63) is 46.4 Å². The van der Waals surface area contributed by atoms with E-state index < -0.39 is 10.0 Å². The van der Waals surface area contributed by atoms with Crippen LogP contribution in [-0.4, -0.2) is 34.0 Å². The van der Waals surface area contributed by atoms with Crippen molar-refractivity contribution in [2.75, 3.05) is 24.3 Å². The summed E-state index contributed by atoms with van der Waals surface area (Å²) in [5, 5.41) is 5.76. The Bertz CT molecular complexity index is 991. The molecule has 0 aliphatic heterocycles. The van der Waals surface area contributed by atoms with Crippen LogP contribution in [0.2, 0.25) is 0 Å². The van der Waals surface area contributed by atoms with Crippen molar-refractivity contribution in [3.63, 3.8) is 0 Å². The van der Waals surface area contributed by atoms with Gasteiger partial charge in [-0.05, 0) is 61.7 Å². The molecule has 2 aromatic carbocycles. The van der Waals surface area contributed by atoms with Gasteiger partial charge in [0.1, 0.15) is 5.75 Å². The summed E-state index contributed by atoms with van der Waals surface area (Å²) in [6.07, 6.45) is 1.71. The number of carbonyl (C=O) groups excluding carboxylic acids is 1. The van der Waals surface area contributed by atoms with Gasteiger partial charge in [0.2, 0.25) is 15.9 Å². The Kier molecular flexibility index (Phi) is 6.26. The molecule has 2 aromatic rings. The average molecular weight is 468 g/mol. The molecule has 0 heterocycles. The Morgan fingerprint density at radius 3 is 2.61 bits per heavy atom. The number of carbonyl (C=O) groups is 1. The molecule has 7 nitrogen and oxygen atoms in total. The molecule has 1 aliphatic carbocycles. The molecule has 0 aromatic heterocycles. The lowest BCUT2D eigenvalue weighted by atomic mass is 10.2. The molecule has 1 fully saturated rings. The van der Waals surface area contributed by atoms with Crippen LogP contribution in [0.3, 0.4) is 0 Å². The number of hydrogen-bond donors (Lipinski definition) is 3. The van der Waals surface area contributed by atoms with Crippen molar-refractivity contribution in [2.24, 2.45) is 0 Å². The molecule has 28 heavy (non-hydrogen) atoms. The number of halogens is 1. The maximum Gasteiger partial charge on any atom is 0.243 e. The molecule has 0 radical (unpaired) electrons. The van der Waals surface area contributed by atoms with Crippen LogP contribution in [0, 0.1) is 6.92 Å². The third kappa shape index (κ3) is 5.24. The molecule has 0 unspecified atom stereocenters. The number of benzene rings is 2. The second-order valence-electron chi connectivity index (χ2n) is 6.62. The lowest BCUT2D eigenvalue weighted by molar-refractivity contribution is -0.114. The molecule has 150 valence electrons. The number of hydrogen-bond acceptors (Lipinski definition) is 5. The molecule has 3 N–H and O–H groups in total. The van der Waals surface area contributed by atoms with Gasteiger partial charge in [-0.2, -0.15) is 0 Å². The molecule has 3 rings (SSSR count). The number of methoxy groups -OCH3 is 1. The zero-order chi connectivity index (χ0) is 20.3. The van der Waals surface area contributed by atoms with Gasteiger partial charge in [0.25, 0.3) is 0 Å². The second kappa shape index (κ2) is 8.50. The van der Waals surface area contributed by atoms with Gasteiger partial charge < -0.3 is 15.4 Å². The summed E-state index contributed by atoms with van der Waals surface area (Å²) in [7, 11) is -2.10. The first-order valence-corrected chi connectivity index (χ1v) is 11.1. The Balaban J connectivity index is 1.69. The third-order valence-electron chi connectivity index (χ3n) is 4.26. The van der Waals surface area contributed by atoms with Gasteiger partial charge in [-0.3, -0.25) is 4.79 Å². The molecule has 0 atom stereocenters. The number of sulfonamides is 1. The van der Waals surface area contributed by atoms with Gasteiger partial charge >= 0.3 is 0 Å². The Hall–Kier alpha value is -2.10. The quantitative estimate of drug-likeness (QED) is 0.553. The first-order valence-electron chi connectivity index (χ1n) is 8.79. The van der Waals surface area contributed by atoms with E-state index in [4.69, 9.17) is 4.74 Å². The summed E-state index contributed by atoms with van der Waals surface area (Å²) >= 11 is 3.42. The average Bonchev–Trinajstić information content (AvgIpc) is 3.46. The summed E-state index contributed by atoms with van der Waals surface area (Å²) in [5.74, 6) is 0.200. The normalized spacial score (nSPS) is 13.8. The number of ether oxygens (including phenoxy) is 1. The summed E-state index contributed by atoms with van der Waals surface area (Å²) in [6.45, 7) is 1.90. The highest BCUT2D eigenvalue weighted by Crippen LogP contribution is 2.29.